The van der Waals surface area contributed by atoms with E-state index in [-0.39, 0.29) is 15.9 Å². The molecule has 18 heavy (non-hydrogen) atoms. The first kappa shape index (κ1) is 12.9. The van der Waals surface area contributed by atoms with Crippen LogP contribution in [-0.2, 0) is 0 Å². The van der Waals surface area contributed by atoms with Crippen LogP contribution >= 0.6 is 23.2 Å². The minimum Gasteiger partial charge on any atom is -0.496 e. The Balaban J connectivity index is 2.68. The van der Waals surface area contributed by atoms with Crippen molar-refractivity contribution in [1.82, 2.24) is 4.98 Å². The molecule has 1 aromatic heterocycles. The molecule has 0 atom stereocenters. The maximum atomic E-state index is 13.3. The van der Waals surface area contributed by atoms with Crippen LogP contribution in [-0.4, -0.2) is 12.1 Å². The molecule has 1 aromatic carbocycles. The number of hydrogen-bond donors (Lipinski definition) is 1. The van der Waals surface area contributed by atoms with E-state index in [9.17, 15) is 4.39 Å². The molecule has 0 spiro atoms. The Hall–Kier alpha value is -1.52. The summed E-state index contributed by atoms with van der Waals surface area (Å²) < 4.78 is 18.4. The highest BCUT2D eigenvalue weighted by molar-refractivity contribution is 6.37. The molecule has 0 saturated heterocycles. The van der Waals surface area contributed by atoms with Crippen LogP contribution in [0.1, 0.15) is 0 Å². The third-order valence-electron chi connectivity index (χ3n) is 2.37. The molecule has 0 aliphatic carbocycles. The smallest absolute Gasteiger partial charge is 0.143 e. The topological polar surface area (TPSA) is 48.1 Å². The predicted octanol–water partition coefficient (Wildman–Crippen LogP) is 3.79. The summed E-state index contributed by atoms with van der Waals surface area (Å²) in [7, 11) is 1.48. The van der Waals surface area contributed by atoms with Crippen LogP contribution in [0.3, 0.4) is 0 Å². The average Bonchev–Trinajstić information content (AvgIpc) is 2.34. The SMILES string of the molecule is COc1ccc(F)cc1-c1nc(N)c(Cl)cc1Cl. The van der Waals surface area contributed by atoms with Crippen LogP contribution < -0.4 is 10.5 Å². The van der Waals surface area contributed by atoms with Crippen LogP contribution in [0.15, 0.2) is 24.3 Å². The lowest BCUT2D eigenvalue weighted by Gasteiger charge is -2.10. The van der Waals surface area contributed by atoms with Gasteiger partial charge < -0.3 is 10.5 Å². The molecule has 0 bridgehead atoms. The highest BCUT2D eigenvalue weighted by Gasteiger charge is 2.14. The zero-order valence-corrected chi connectivity index (χ0v) is 10.9. The minimum absolute atomic E-state index is 0.127. The van der Waals surface area contributed by atoms with E-state index in [1.807, 2.05) is 0 Å². The monoisotopic (exact) mass is 286 g/mol. The maximum Gasteiger partial charge on any atom is 0.143 e. The number of nitrogen functional groups attached to an aromatic ring is 1. The number of pyridine rings is 1. The standard InChI is InChI=1S/C12H9Cl2FN2O/c1-18-10-3-2-6(15)4-7(10)11-8(13)5-9(14)12(16)17-11/h2-5H,1H3,(H2,16,17). The molecule has 2 N–H and O–H groups in total. The third-order valence-corrected chi connectivity index (χ3v) is 2.96. The summed E-state index contributed by atoms with van der Waals surface area (Å²) in [6.07, 6.45) is 0. The van der Waals surface area contributed by atoms with Gasteiger partial charge in [-0.2, -0.15) is 0 Å². The summed E-state index contributed by atoms with van der Waals surface area (Å²) in [6.45, 7) is 0. The molecule has 6 heteroatoms. The fraction of sp³-hybridized carbons (Fsp3) is 0.0833. The molecule has 0 saturated carbocycles. The molecular weight excluding hydrogens is 278 g/mol. The summed E-state index contributed by atoms with van der Waals surface area (Å²) in [4.78, 5) is 4.06. The minimum atomic E-state index is -0.419. The van der Waals surface area contributed by atoms with E-state index in [4.69, 9.17) is 33.7 Å². The van der Waals surface area contributed by atoms with Crippen LogP contribution in [0.2, 0.25) is 10.0 Å². The number of methoxy groups -OCH3 is 1. The van der Waals surface area contributed by atoms with Crippen molar-refractivity contribution in [3.63, 3.8) is 0 Å². The van der Waals surface area contributed by atoms with Crippen molar-refractivity contribution in [3.8, 4) is 17.0 Å². The van der Waals surface area contributed by atoms with Gasteiger partial charge in [-0.25, -0.2) is 9.37 Å². The number of nitrogens with zero attached hydrogens (tertiary/aromatic N) is 1. The van der Waals surface area contributed by atoms with Crippen molar-refractivity contribution >= 4 is 29.0 Å². The number of benzene rings is 1. The van der Waals surface area contributed by atoms with Crippen LogP contribution in [0.5, 0.6) is 5.75 Å². The van der Waals surface area contributed by atoms with Crippen LogP contribution in [0, 0.1) is 5.82 Å². The van der Waals surface area contributed by atoms with Gasteiger partial charge in [-0.05, 0) is 24.3 Å². The van der Waals surface area contributed by atoms with Crippen molar-refractivity contribution in [2.24, 2.45) is 0 Å². The highest BCUT2D eigenvalue weighted by Crippen LogP contribution is 2.36. The van der Waals surface area contributed by atoms with Gasteiger partial charge in [0.15, 0.2) is 0 Å². The van der Waals surface area contributed by atoms with E-state index >= 15 is 0 Å². The van der Waals surface area contributed by atoms with Gasteiger partial charge in [0.25, 0.3) is 0 Å². The average molecular weight is 287 g/mol. The molecule has 0 radical (unpaired) electrons. The van der Waals surface area contributed by atoms with Gasteiger partial charge >= 0.3 is 0 Å². The molecule has 1 heterocycles. The summed E-state index contributed by atoms with van der Waals surface area (Å²) >= 11 is 11.8. The van der Waals surface area contributed by atoms with Gasteiger partial charge in [-0.1, -0.05) is 23.2 Å². The van der Waals surface area contributed by atoms with Crippen molar-refractivity contribution in [1.29, 1.82) is 0 Å². The molecule has 0 aliphatic rings. The Morgan fingerprint density at radius 3 is 2.61 bits per heavy atom. The molecule has 0 amide bonds. The first-order chi connectivity index (χ1) is 8.52. The molecule has 0 aliphatic heterocycles. The quantitative estimate of drug-likeness (QED) is 0.914. The summed E-state index contributed by atoms with van der Waals surface area (Å²) in [5, 5.41) is 0.525. The lowest BCUT2D eigenvalue weighted by atomic mass is 10.1. The fourth-order valence-corrected chi connectivity index (χ4v) is 2.00. The van der Waals surface area contributed by atoms with Crippen LogP contribution in [0.25, 0.3) is 11.3 Å². The predicted molar refractivity (Wildman–Crippen MR) is 70.6 cm³/mol. The maximum absolute atomic E-state index is 13.3. The second-order valence-electron chi connectivity index (χ2n) is 3.53. The third kappa shape index (κ3) is 2.35. The van der Waals surface area contributed by atoms with E-state index in [1.54, 1.807) is 0 Å². The normalized spacial score (nSPS) is 10.4. The van der Waals surface area contributed by atoms with Crippen LogP contribution in [0.4, 0.5) is 10.2 Å². The number of halogens is 3. The molecule has 0 fully saturated rings. The van der Waals surface area contributed by atoms with E-state index in [2.05, 4.69) is 4.98 Å². The first-order valence-electron chi connectivity index (χ1n) is 4.98. The Morgan fingerprint density at radius 2 is 1.94 bits per heavy atom. The van der Waals surface area contributed by atoms with E-state index in [0.717, 1.165) is 0 Å². The van der Waals surface area contributed by atoms with Gasteiger partial charge in [-0.3, -0.25) is 0 Å². The summed E-state index contributed by atoms with van der Waals surface area (Å²) in [5.41, 5.74) is 6.37. The fourth-order valence-electron chi connectivity index (χ4n) is 1.53. The Bertz CT molecular complexity index is 605. The van der Waals surface area contributed by atoms with E-state index in [0.29, 0.717) is 17.0 Å². The zero-order valence-electron chi connectivity index (χ0n) is 9.38. The lowest BCUT2D eigenvalue weighted by molar-refractivity contribution is 0.415. The Labute approximate surface area is 113 Å². The second-order valence-corrected chi connectivity index (χ2v) is 4.34. The molecule has 2 rings (SSSR count). The van der Waals surface area contributed by atoms with Gasteiger partial charge in [0, 0.05) is 5.56 Å². The van der Waals surface area contributed by atoms with Crippen molar-refractivity contribution in [2.75, 3.05) is 12.8 Å². The van der Waals surface area contributed by atoms with Gasteiger partial charge in [0.2, 0.25) is 0 Å². The molecule has 2 aromatic rings. The molecular formula is C12H9Cl2FN2O. The van der Waals surface area contributed by atoms with Gasteiger partial charge in [0.05, 0.1) is 22.8 Å². The summed E-state index contributed by atoms with van der Waals surface area (Å²) in [5.74, 6) is 0.159. The van der Waals surface area contributed by atoms with Gasteiger partial charge in [0.1, 0.15) is 17.4 Å². The Morgan fingerprint density at radius 1 is 1.22 bits per heavy atom. The number of hydrogen-bond acceptors (Lipinski definition) is 3. The summed E-state index contributed by atoms with van der Waals surface area (Å²) in [6, 6.07) is 5.52. The Kier molecular flexibility index (Phi) is 3.59. The van der Waals surface area contributed by atoms with Crippen molar-refractivity contribution in [3.05, 3.63) is 40.1 Å². The number of anilines is 1. The molecule has 94 valence electrons. The van der Waals surface area contributed by atoms with Crippen molar-refractivity contribution in [2.45, 2.75) is 0 Å². The molecule has 0 unspecified atom stereocenters. The van der Waals surface area contributed by atoms with E-state index < -0.39 is 5.82 Å². The number of rotatable bonds is 2. The second kappa shape index (κ2) is 5.00. The number of ether oxygens (including phenoxy) is 1. The lowest BCUT2D eigenvalue weighted by Crippen LogP contribution is -1.97. The number of nitrogens with two attached hydrogens (primary N) is 1. The van der Waals surface area contributed by atoms with Crippen molar-refractivity contribution < 1.29 is 9.13 Å². The van der Waals surface area contributed by atoms with Gasteiger partial charge in [-0.15, -0.1) is 0 Å². The zero-order chi connectivity index (χ0) is 13.3. The highest BCUT2D eigenvalue weighted by atomic mass is 35.5. The number of aromatic nitrogens is 1. The first-order valence-corrected chi connectivity index (χ1v) is 5.74. The van der Waals surface area contributed by atoms with E-state index in [1.165, 1.54) is 31.4 Å². The molecule has 3 nitrogen and oxygen atoms in total. The largest absolute Gasteiger partial charge is 0.496 e.